The molecule has 2 heterocycles. The molecule has 7 nitrogen and oxygen atoms in total. The molecule has 4 aromatic rings. The van der Waals surface area contributed by atoms with E-state index >= 15 is 0 Å². The molecule has 0 aliphatic carbocycles. The lowest BCUT2D eigenvalue weighted by molar-refractivity contribution is -0.123. The van der Waals surface area contributed by atoms with Gasteiger partial charge in [-0.1, -0.05) is 43.3 Å². The highest BCUT2D eigenvalue weighted by molar-refractivity contribution is 7.12. The van der Waals surface area contributed by atoms with Gasteiger partial charge in [0.2, 0.25) is 0 Å². The van der Waals surface area contributed by atoms with Gasteiger partial charge in [0, 0.05) is 29.1 Å². The van der Waals surface area contributed by atoms with Crippen LogP contribution in [0, 0.1) is 0 Å². The van der Waals surface area contributed by atoms with Crippen molar-refractivity contribution in [1.29, 1.82) is 0 Å². The second-order valence-electron chi connectivity index (χ2n) is 7.56. The van der Waals surface area contributed by atoms with Crippen molar-refractivity contribution in [3.63, 3.8) is 0 Å². The predicted octanol–water partition coefficient (Wildman–Crippen LogP) is 3.59. The summed E-state index contributed by atoms with van der Waals surface area (Å²) in [7, 11) is 0. The second-order valence-corrected chi connectivity index (χ2v) is 8.51. The summed E-state index contributed by atoms with van der Waals surface area (Å²) in [6, 6.07) is 17.5. The van der Waals surface area contributed by atoms with Crippen LogP contribution < -0.4 is 16.2 Å². The molecule has 4 N–H and O–H groups in total. The van der Waals surface area contributed by atoms with Gasteiger partial charge in [0.1, 0.15) is 6.04 Å². The Morgan fingerprint density at radius 3 is 2.45 bits per heavy atom. The Morgan fingerprint density at radius 2 is 1.73 bits per heavy atom. The highest BCUT2D eigenvalue weighted by Gasteiger charge is 2.24. The number of H-pyrrole nitrogens is 1. The minimum atomic E-state index is -0.887. The van der Waals surface area contributed by atoms with Crippen LogP contribution in [0.5, 0.6) is 0 Å². The number of aromatic nitrogens is 1. The van der Waals surface area contributed by atoms with Crippen molar-refractivity contribution >= 4 is 40.0 Å². The van der Waals surface area contributed by atoms with E-state index in [1.54, 1.807) is 29.6 Å². The fraction of sp³-hybridized carbons (Fsp3) is 0.160. The third kappa shape index (κ3) is 5.30. The second kappa shape index (κ2) is 10.1. The summed E-state index contributed by atoms with van der Waals surface area (Å²) >= 11 is 1.29. The maximum absolute atomic E-state index is 13.0. The van der Waals surface area contributed by atoms with Gasteiger partial charge in [-0.15, -0.1) is 11.3 Å². The maximum Gasteiger partial charge on any atom is 0.269 e. The summed E-state index contributed by atoms with van der Waals surface area (Å²) in [5, 5.41) is 5.57. The number of para-hydroxylation sites is 1. The Labute approximate surface area is 195 Å². The SMILES string of the molecule is CCc1ccc(C(=O)NNC(=O)[C@H](Cc2c[nH]c3ccccc23)NC(=O)c2cccs2)cc1. The smallest absolute Gasteiger partial charge is 0.269 e. The molecule has 0 aliphatic rings. The van der Waals surface area contributed by atoms with Gasteiger partial charge in [-0.05, 0) is 47.2 Å². The highest BCUT2D eigenvalue weighted by atomic mass is 32.1. The Hall–Kier alpha value is -3.91. The van der Waals surface area contributed by atoms with Crippen molar-refractivity contribution in [2.45, 2.75) is 25.8 Å². The van der Waals surface area contributed by atoms with E-state index in [4.69, 9.17) is 0 Å². The van der Waals surface area contributed by atoms with Gasteiger partial charge < -0.3 is 10.3 Å². The number of nitrogens with one attached hydrogen (secondary N) is 4. The van der Waals surface area contributed by atoms with Gasteiger partial charge in [-0.25, -0.2) is 0 Å². The molecule has 0 saturated heterocycles. The predicted molar refractivity (Wildman–Crippen MR) is 129 cm³/mol. The summed E-state index contributed by atoms with van der Waals surface area (Å²) in [4.78, 5) is 41.8. The first kappa shape index (κ1) is 22.3. The molecule has 33 heavy (non-hydrogen) atoms. The summed E-state index contributed by atoms with van der Waals surface area (Å²) in [6.45, 7) is 2.04. The monoisotopic (exact) mass is 460 g/mol. The fourth-order valence-electron chi connectivity index (χ4n) is 3.54. The number of aromatic amines is 1. The summed E-state index contributed by atoms with van der Waals surface area (Å²) in [6.07, 6.45) is 2.96. The molecule has 0 aliphatic heterocycles. The zero-order valence-electron chi connectivity index (χ0n) is 18.1. The van der Waals surface area contributed by atoms with E-state index < -0.39 is 17.9 Å². The topological polar surface area (TPSA) is 103 Å². The quantitative estimate of drug-likeness (QED) is 0.317. The van der Waals surface area contributed by atoms with Crippen LogP contribution in [0.4, 0.5) is 0 Å². The van der Waals surface area contributed by atoms with Crippen LogP contribution >= 0.6 is 11.3 Å². The van der Waals surface area contributed by atoms with Crippen molar-refractivity contribution in [3.05, 3.63) is 93.8 Å². The molecular formula is C25H24N4O3S. The first-order chi connectivity index (χ1) is 16.0. The molecule has 2 aromatic heterocycles. The number of hydrogen-bond donors (Lipinski definition) is 4. The Kier molecular flexibility index (Phi) is 6.85. The van der Waals surface area contributed by atoms with Gasteiger partial charge in [-0.3, -0.25) is 25.2 Å². The fourth-order valence-corrected chi connectivity index (χ4v) is 4.16. The van der Waals surface area contributed by atoms with E-state index in [1.165, 1.54) is 11.3 Å². The van der Waals surface area contributed by atoms with Crippen LogP contribution in [0.1, 0.15) is 38.1 Å². The number of carbonyl (C=O) groups is 3. The first-order valence-electron chi connectivity index (χ1n) is 10.6. The molecule has 4 rings (SSSR count). The minimum absolute atomic E-state index is 0.258. The molecule has 2 aromatic carbocycles. The third-order valence-corrected chi connectivity index (χ3v) is 6.26. The Morgan fingerprint density at radius 1 is 0.939 bits per heavy atom. The number of benzene rings is 2. The number of thiophene rings is 1. The number of amides is 3. The van der Waals surface area contributed by atoms with Crippen molar-refractivity contribution in [3.8, 4) is 0 Å². The van der Waals surface area contributed by atoms with Gasteiger partial charge in [-0.2, -0.15) is 0 Å². The Bertz CT molecular complexity index is 1260. The third-order valence-electron chi connectivity index (χ3n) is 5.39. The molecular weight excluding hydrogens is 436 g/mol. The number of fused-ring (bicyclic) bond motifs is 1. The average molecular weight is 461 g/mol. The van der Waals surface area contributed by atoms with E-state index in [2.05, 4.69) is 21.2 Å². The van der Waals surface area contributed by atoms with Gasteiger partial charge in [0.05, 0.1) is 4.88 Å². The Balaban J connectivity index is 1.48. The van der Waals surface area contributed by atoms with Gasteiger partial charge in [0.25, 0.3) is 17.7 Å². The average Bonchev–Trinajstić information content (AvgIpc) is 3.53. The van der Waals surface area contributed by atoms with Crippen molar-refractivity contribution in [2.24, 2.45) is 0 Å². The molecule has 0 bridgehead atoms. The summed E-state index contributed by atoms with van der Waals surface area (Å²) in [5.41, 5.74) is 8.29. The maximum atomic E-state index is 13.0. The normalized spacial score (nSPS) is 11.7. The summed E-state index contributed by atoms with van der Waals surface area (Å²) in [5.74, 6) is -1.28. The van der Waals surface area contributed by atoms with Crippen LogP contribution in [0.2, 0.25) is 0 Å². The number of hydrazine groups is 1. The minimum Gasteiger partial charge on any atom is -0.361 e. The molecule has 0 unspecified atom stereocenters. The zero-order chi connectivity index (χ0) is 23.2. The molecule has 0 fully saturated rings. The standard InChI is InChI=1S/C25H24N4O3S/c1-2-16-9-11-17(12-10-16)23(30)28-29-24(31)21(27-25(32)22-8-5-13-33-22)14-18-15-26-20-7-4-3-6-19(18)20/h3-13,15,21,26H,2,14H2,1H3,(H,27,32)(H,28,30)(H,29,31)/t21-/m0/s1. The van der Waals surface area contributed by atoms with E-state index in [9.17, 15) is 14.4 Å². The largest absolute Gasteiger partial charge is 0.361 e. The zero-order valence-corrected chi connectivity index (χ0v) is 18.9. The van der Waals surface area contributed by atoms with E-state index in [0.29, 0.717) is 10.4 Å². The number of hydrogen-bond acceptors (Lipinski definition) is 4. The lowest BCUT2D eigenvalue weighted by Crippen LogP contribution is -2.53. The van der Waals surface area contributed by atoms with Crippen LogP contribution in [-0.4, -0.2) is 28.7 Å². The van der Waals surface area contributed by atoms with Crippen molar-refractivity contribution in [1.82, 2.24) is 21.2 Å². The molecule has 168 valence electrons. The van der Waals surface area contributed by atoms with Crippen LogP contribution in [-0.2, 0) is 17.6 Å². The van der Waals surface area contributed by atoms with Crippen LogP contribution in [0.3, 0.4) is 0 Å². The van der Waals surface area contributed by atoms with Gasteiger partial charge >= 0.3 is 0 Å². The van der Waals surface area contributed by atoms with Crippen molar-refractivity contribution < 1.29 is 14.4 Å². The van der Waals surface area contributed by atoms with Crippen LogP contribution in [0.25, 0.3) is 10.9 Å². The lowest BCUT2D eigenvalue weighted by atomic mass is 10.0. The highest BCUT2D eigenvalue weighted by Crippen LogP contribution is 2.19. The van der Waals surface area contributed by atoms with E-state index in [-0.39, 0.29) is 12.3 Å². The number of rotatable bonds is 7. The molecule has 8 heteroatoms. The van der Waals surface area contributed by atoms with E-state index in [0.717, 1.165) is 28.5 Å². The molecule has 3 amide bonds. The number of aryl methyl sites for hydroxylation is 1. The van der Waals surface area contributed by atoms with Crippen LogP contribution in [0.15, 0.2) is 72.2 Å². The number of carbonyl (C=O) groups excluding carboxylic acids is 3. The first-order valence-corrected chi connectivity index (χ1v) is 11.5. The summed E-state index contributed by atoms with van der Waals surface area (Å²) < 4.78 is 0. The molecule has 1 atom stereocenters. The molecule has 0 spiro atoms. The van der Waals surface area contributed by atoms with Crippen molar-refractivity contribution in [2.75, 3.05) is 0 Å². The molecule has 0 saturated carbocycles. The molecule has 0 radical (unpaired) electrons. The lowest BCUT2D eigenvalue weighted by Gasteiger charge is -2.18. The van der Waals surface area contributed by atoms with E-state index in [1.807, 2.05) is 49.5 Å². The van der Waals surface area contributed by atoms with Gasteiger partial charge in [0.15, 0.2) is 0 Å².